The van der Waals surface area contributed by atoms with E-state index < -0.39 is 0 Å². The molecule has 2 aliphatic carbocycles. The summed E-state index contributed by atoms with van der Waals surface area (Å²) in [5.41, 5.74) is 1.38. The Hall–Kier alpha value is -2.44. The van der Waals surface area contributed by atoms with Gasteiger partial charge >= 0.3 is 6.03 Å². The molecular formula is C19H25N5O2. The first-order valence-electron chi connectivity index (χ1n) is 9.38. The standard InChI is InChI=1S/C19H25N5O2/c1-24(13-16-22-17(23-26-16)14-5-9-20-10-6-14)18(25)21-12-15-11-19(15)7-3-2-4-8-19/h5-6,9-10,15H,2-4,7-8,11-13H2,1H3,(H,21,25). The van der Waals surface area contributed by atoms with Crippen LogP contribution in [-0.4, -0.2) is 39.6 Å². The lowest BCUT2D eigenvalue weighted by Gasteiger charge is -2.23. The fourth-order valence-electron chi connectivity index (χ4n) is 4.15. The Morgan fingerprint density at radius 2 is 2.08 bits per heavy atom. The molecule has 138 valence electrons. The van der Waals surface area contributed by atoms with Crippen LogP contribution >= 0.6 is 0 Å². The summed E-state index contributed by atoms with van der Waals surface area (Å²) in [5.74, 6) is 1.58. The van der Waals surface area contributed by atoms with Crippen molar-refractivity contribution in [1.29, 1.82) is 0 Å². The highest BCUT2D eigenvalue weighted by atomic mass is 16.5. The zero-order chi connectivity index (χ0) is 18.0. The normalized spacial score (nSPS) is 20.7. The number of urea groups is 1. The summed E-state index contributed by atoms with van der Waals surface area (Å²) in [6.45, 7) is 1.06. The van der Waals surface area contributed by atoms with E-state index >= 15 is 0 Å². The first kappa shape index (κ1) is 17.0. The Bertz CT molecular complexity index is 754. The van der Waals surface area contributed by atoms with E-state index in [1.165, 1.54) is 38.5 Å². The first-order valence-corrected chi connectivity index (χ1v) is 9.38. The van der Waals surface area contributed by atoms with E-state index in [0.717, 1.165) is 12.1 Å². The summed E-state index contributed by atoms with van der Waals surface area (Å²) in [5, 5.41) is 7.03. The van der Waals surface area contributed by atoms with Gasteiger partial charge in [0.25, 0.3) is 0 Å². The molecule has 1 spiro atoms. The van der Waals surface area contributed by atoms with E-state index in [1.807, 2.05) is 12.1 Å². The maximum Gasteiger partial charge on any atom is 0.317 e. The highest BCUT2D eigenvalue weighted by Crippen LogP contribution is 2.60. The van der Waals surface area contributed by atoms with Crippen molar-refractivity contribution in [3.63, 3.8) is 0 Å². The van der Waals surface area contributed by atoms with Crippen molar-refractivity contribution in [2.75, 3.05) is 13.6 Å². The van der Waals surface area contributed by atoms with Crippen LogP contribution in [0.3, 0.4) is 0 Å². The quantitative estimate of drug-likeness (QED) is 0.890. The summed E-state index contributed by atoms with van der Waals surface area (Å²) in [4.78, 5) is 22.3. The van der Waals surface area contributed by atoms with Gasteiger partial charge in [0, 0.05) is 31.5 Å². The van der Waals surface area contributed by atoms with Gasteiger partial charge in [-0.2, -0.15) is 4.98 Å². The molecule has 7 nitrogen and oxygen atoms in total. The smallest absolute Gasteiger partial charge is 0.317 e. The lowest BCUT2D eigenvalue weighted by Crippen LogP contribution is -2.38. The van der Waals surface area contributed by atoms with E-state index in [4.69, 9.17) is 4.52 Å². The number of aromatic nitrogens is 3. The molecule has 0 saturated heterocycles. The number of carbonyl (C=O) groups is 1. The molecule has 1 N–H and O–H groups in total. The van der Waals surface area contributed by atoms with Gasteiger partial charge in [0.2, 0.25) is 11.7 Å². The number of hydrogen-bond acceptors (Lipinski definition) is 5. The summed E-state index contributed by atoms with van der Waals surface area (Å²) < 4.78 is 5.26. The number of pyridine rings is 1. The number of carbonyl (C=O) groups excluding carboxylic acids is 1. The number of nitrogens with zero attached hydrogens (tertiary/aromatic N) is 4. The summed E-state index contributed by atoms with van der Waals surface area (Å²) in [6, 6.07) is 3.55. The fraction of sp³-hybridized carbons (Fsp3) is 0.579. The lowest BCUT2D eigenvalue weighted by atomic mass is 9.84. The Morgan fingerprint density at radius 1 is 1.31 bits per heavy atom. The Balaban J connectivity index is 1.26. The molecule has 1 unspecified atom stereocenters. The van der Waals surface area contributed by atoms with Crippen molar-refractivity contribution in [2.24, 2.45) is 11.3 Å². The molecule has 2 aromatic heterocycles. The van der Waals surface area contributed by atoms with Gasteiger partial charge in [0.15, 0.2) is 0 Å². The van der Waals surface area contributed by atoms with E-state index in [2.05, 4.69) is 20.4 Å². The van der Waals surface area contributed by atoms with Crippen molar-refractivity contribution >= 4 is 6.03 Å². The monoisotopic (exact) mass is 355 g/mol. The van der Waals surface area contributed by atoms with Crippen molar-refractivity contribution in [3.05, 3.63) is 30.4 Å². The molecule has 26 heavy (non-hydrogen) atoms. The van der Waals surface area contributed by atoms with Crippen LogP contribution in [0, 0.1) is 11.3 Å². The molecule has 2 heterocycles. The molecule has 2 aliphatic rings. The Kier molecular flexibility index (Phi) is 4.61. The molecule has 2 fully saturated rings. The van der Waals surface area contributed by atoms with E-state index in [0.29, 0.717) is 29.6 Å². The van der Waals surface area contributed by atoms with Crippen molar-refractivity contribution in [2.45, 2.75) is 45.1 Å². The van der Waals surface area contributed by atoms with Gasteiger partial charge in [0.05, 0.1) is 0 Å². The lowest BCUT2D eigenvalue weighted by molar-refractivity contribution is 0.198. The Labute approximate surface area is 153 Å². The van der Waals surface area contributed by atoms with Crippen molar-refractivity contribution < 1.29 is 9.32 Å². The molecular weight excluding hydrogens is 330 g/mol. The van der Waals surface area contributed by atoms with Gasteiger partial charge in [-0.3, -0.25) is 4.98 Å². The van der Waals surface area contributed by atoms with Crippen LogP contribution in [0.1, 0.15) is 44.4 Å². The maximum absolute atomic E-state index is 12.3. The molecule has 0 aliphatic heterocycles. The van der Waals surface area contributed by atoms with Crippen molar-refractivity contribution in [1.82, 2.24) is 25.3 Å². The predicted molar refractivity (Wildman–Crippen MR) is 96.0 cm³/mol. The molecule has 0 radical (unpaired) electrons. The average Bonchev–Trinajstić information content (AvgIpc) is 3.11. The molecule has 7 heteroatoms. The number of rotatable bonds is 5. The molecule has 2 amide bonds. The van der Waals surface area contributed by atoms with Crippen LogP contribution in [-0.2, 0) is 6.54 Å². The zero-order valence-corrected chi connectivity index (χ0v) is 15.1. The SMILES string of the molecule is CN(Cc1nc(-c2ccncc2)no1)C(=O)NCC1CC12CCCCC2. The minimum absolute atomic E-state index is 0.0912. The van der Waals surface area contributed by atoms with Gasteiger partial charge < -0.3 is 14.7 Å². The molecule has 2 aromatic rings. The second-order valence-electron chi connectivity index (χ2n) is 7.61. The molecule has 0 aromatic carbocycles. The minimum atomic E-state index is -0.0912. The van der Waals surface area contributed by atoms with E-state index in [1.54, 1.807) is 24.3 Å². The summed E-state index contributed by atoms with van der Waals surface area (Å²) in [7, 11) is 1.74. The van der Waals surface area contributed by atoms with E-state index in [-0.39, 0.29) is 6.03 Å². The van der Waals surface area contributed by atoms with Gasteiger partial charge in [0.1, 0.15) is 6.54 Å². The second kappa shape index (κ2) is 7.05. The first-order chi connectivity index (χ1) is 12.7. The molecule has 0 bridgehead atoms. The molecule has 4 rings (SSSR count). The maximum atomic E-state index is 12.3. The van der Waals surface area contributed by atoms with Crippen LogP contribution in [0.25, 0.3) is 11.4 Å². The largest absolute Gasteiger partial charge is 0.338 e. The topological polar surface area (TPSA) is 84.2 Å². The predicted octanol–water partition coefficient (Wildman–Crippen LogP) is 3.24. The van der Waals surface area contributed by atoms with Crippen LogP contribution in [0.4, 0.5) is 4.79 Å². The number of amides is 2. The highest BCUT2D eigenvalue weighted by Gasteiger charge is 2.53. The number of nitrogens with one attached hydrogen (secondary N) is 1. The second-order valence-corrected chi connectivity index (χ2v) is 7.61. The van der Waals surface area contributed by atoms with Gasteiger partial charge in [-0.05, 0) is 42.7 Å². The average molecular weight is 355 g/mol. The Morgan fingerprint density at radius 3 is 2.85 bits per heavy atom. The minimum Gasteiger partial charge on any atom is -0.338 e. The van der Waals surface area contributed by atoms with Gasteiger partial charge in [-0.25, -0.2) is 4.79 Å². The van der Waals surface area contributed by atoms with Gasteiger partial charge in [-0.15, -0.1) is 0 Å². The highest BCUT2D eigenvalue weighted by molar-refractivity contribution is 5.73. The van der Waals surface area contributed by atoms with Crippen LogP contribution in [0.15, 0.2) is 29.0 Å². The fourth-order valence-corrected chi connectivity index (χ4v) is 4.15. The number of hydrogen-bond donors (Lipinski definition) is 1. The summed E-state index contributed by atoms with van der Waals surface area (Å²) >= 11 is 0. The third-order valence-electron chi connectivity index (χ3n) is 5.83. The van der Waals surface area contributed by atoms with E-state index in [9.17, 15) is 4.79 Å². The third kappa shape index (κ3) is 3.57. The van der Waals surface area contributed by atoms with Gasteiger partial charge in [-0.1, -0.05) is 24.4 Å². The summed E-state index contributed by atoms with van der Waals surface area (Å²) in [6.07, 6.45) is 11.4. The van der Waals surface area contributed by atoms with Crippen LogP contribution < -0.4 is 5.32 Å². The zero-order valence-electron chi connectivity index (χ0n) is 15.1. The van der Waals surface area contributed by atoms with Crippen molar-refractivity contribution in [3.8, 4) is 11.4 Å². The van der Waals surface area contributed by atoms with Crippen LogP contribution in [0.5, 0.6) is 0 Å². The molecule has 1 atom stereocenters. The third-order valence-corrected chi connectivity index (χ3v) is 5.83. The molecule has 2 saturated carbocycles. The van der Waals surface area contributed by atoms with Crippen LogP contribution in [0.2, 0.25) is 0 Å².